The third-order valence-corrected chi connectivity index (χ3v) is 2.77. The molecule has 0 radical (unpaired) electrons. The van der Waals surface area contributed by atoms with Crippen LogP contribution in [0.15, 0.2) is 24.3 Å². The van der Waals surface area contributed by atoms with Crippen LogP contribution in [0.2, 0.25) is 0 Å². The Bertz CT molecular complexity index is 356. The summed E-state index contributed by atoms with van der Waals surface area (Å²) in [6.45, 7) is 1.06. The lowest BCUT2D eigenvalue weighted by Gasteiger charge is -2.11. The molecule has 0 amide bonds. The number of aliphatic carboxylic acids is 1. The van der Waals surface area contributed by atoms with Gasteiger partial charge in [0.25, 0.3) is 0 Å². The van der Waals surface area contributed by atoms with Crippen molar-refractivity contribution in [3.8, 4) is 0 Å². The van der Waals surface area contributed by atoms with Gasteiger partial charge in [-0.1, -0.05) is 24.3 Å². The average molecular weight is 205 g/mol. The van der Waals surface area contributed by atoms with Crippen molar-refractivity contribution in [2.45, 2.75) is 25.3 Å². The largest absolute Gasteiger partial charge is 0.481 e. The molecule has 1 saturated heterocycles. The van der Waals surface area contributed by atoms with Gasteiger partial charge in [0.15, 0.2) is 0 Å². The van der Waals surface area contributed by atoms with Gasteiger partial charge in [-0.05, 0) is 30.5 Å². The topological polar surface area (TPSA) is 49.3 Å². The van der Waals surface area contributed by atoms with Crippen LogP contribution in [-0.4, -0.2) is 17.6 Å². The van der Waals surface area contributed by atoms with Gasteiger partial charge in [0.2, 0.25) is 0 Å². The smallest absolute Gasteiger partial charge is 0.307 e. The van der Waals surface area contributed by atoms with E-state index in [1.807, 2.05) is 18.2 Å². The highest BCUT2D eigenvalue weighted by Crippen LogP contribution is 2.23. The summed E-state index contributed by atoms with van der Waals surface area (Å²) in [5.74, 6) is -0.772. The van der Waals surface area contributed by atoms with Gasteiger partial charge in [-0.2, -0.15) is 0 Å². The van der Waals surface area contributed by atoms with E-state index in [1.165, 1.54) is 12.0 Å². The molecule has 0 aromatic heterocycles. The maximum Gasteiger partial charge on any atom is 0.307 e. The third-order valence-electron chi connectivity index (χ3n) is 2.77. The molecule has 0 bridgehead atoms. The molecule has 1 heterocycles. The van der Waals surface area contributed by atoms with Crippen LogP contribution in [-0.2, 0) is 11.2 Å². The molecule has 1 aliphatic heterocycles. The van der Waals surface area contributed by atoms with Crippen LogP contribution >= 0.6 is 0 Å². The number of benzene rings is 1. The molecule has 1 aromatic rings. The van der Waals surface area contributed by atoms with Crippen molar-refractivity contribution in [1.29, 1.82) is 0 Å². The SMILES string of the molecule is O=C(O)Cc1cccc([C@@H]2CCCN2)c1. The van der Waals surface area contributed by atoms with E-state index in [4.69, 9.17) is 5.11 Å². The van der Waals surface area contributed by atoms with Crippen molar-refractivity contribution in [1.82, 2.24) is 5.32 Å². The predicted octanol–water partition coefficient (Wildman–Crippen LogP) is 1.74. The Morgan fingerprint density at radius 2 is 2.40 bits per heavy atom. The third kappa shape index (κ3) is 2.57. The minimum absolute atomic E-state index is 0.112. The Balaban J connectivity index is 2.14. The second-order valence-corrected chi connectivity index (χ2v) is 3.96. The minimum Gasteiger partial charge on any atom is -0.481 e. The first-order valence-electron chi connectivity index (χ1n) is 5.30. The first-order valence-corrected chi connectivity index (χ1v) is 5.30. The van der Waals surface area contributed by atoms with Crippen LogP contribution in [0.1, 0.15) is 30.0 Å². The van der Waals surface area contributed by atoms with E-state index in [1.54, 1.807) is 0 Å². The number of hydrogen-bond acceptors (Lipinski definition) is 2. The first-order chi connectivity index (χ1) is 7.25. The van der Waals surface area contributed by atoms with Crippen LogP contribution in [0.3, 0.4) is 0 Å². The highest BCUT2D eigenvalue weighted by molar-refractivity contribution is 5.70. The Hall–Kier alpha value is -1.35. The summed E-state index contributed by atoms with van der Waals surface area (Å²) in [4.78, 5) is 10.6. The molecule has 0 spiro atoms. The molecule has 1 atom stereocenters. The van der Waals surface area contributed by atoms with E-state index in [-0.39, 0.29) is 6.42 Å². The minimum atomic E-state index is -0.772. The molecule has 1 aromatic carbocycles. The fourth-order valence-corrected chi connectivity index (χ4v) is 2.06. The van der Waals surface area contributed by atoms with Crippen LogP contribution in [0.25, 0.3) is 0 Å². The van der Waals surface area contributed by atoms with Crippen molar-refractivity contribution < 1.29 is 9.90 Å². The Morgan fingerprint density at radius 1 is 1.53 bits per heavy atom. The Labute approximate surface area is 89.1 Å². The van der Waals surface area contributed by atoms with Crippen molar-refractivity contribution >= 4 is 5.97 Å². The van der Waals surface area contributed by atoms with Gasteiger partial charge in [0, 0.05) is 6.04 Å². The van der Waals surface area contributed by atoms with Crippen molar-refractivity contribution in [2.75, 3.05) is 6.54 Å². The summed E-state index contributed by atoms with van der Waals surface area (Å²) in [7, 11) is 0. The van der Waals surface area contributed by atoms with E-state index in [0.717, 1.165) is 18.5 Å². The number of carbonyl (C=O) groups is 1. The summed E-state index contributed by atoms with van der Waals surface area (Å²) in [5.41, 5.74) is 2.10. The average Bonchev–Trinajstić information content (AvgIpc) is 2.69. The second-order valence-electron chi connectivity index (χ2n) is 3.96. The van der Waals surface area contributed by atoms with Crippen molar-refractivity contribution in [2.24, 2.45) is 0 Å². The molecule has 0 aliphatic carbocycles. The predicted molar refractivity (Wildman–Crippen MR) is 57.8 cm³/mol. The number of carboxylic acid groups (broad SMARTS) is 1. The summed E-state index contributed by atoms with van der Waals surface area (Å²) in [5, 5.41) is 12.1. The molecule has 3 nitrogen and oxygen atoms in total. The normalized spacial score (nSPS) is 20.4. The number of rotatable bonds is 3. The maximum atomic E-state index is 10.6. The van der Waals surface area contributed by atoms with Crippen molar-refractivity contribution in [3.05, 3.63) is 35.4 Å². The summed E-state index contributed by atoms with van der Waals surface area (Å²) in [6.07, 6.45) is 2.46. The fraction of sp³-hybridized carbons (Fsp3) is 0.417. The van der Waals surface area contributed by atoms with Gasteiger partial charge in [0.1, 0.15) is 0 Å². The zero-order valence-corrected chi connectivity index (χ0v) is 8.57. The summed E-state index contributed by atoms with van der Waals surface area (Å²) < 4.78 is 0. The second kappa shape index (κ2) is 4.45. The highest BCUT2D eigenvalue weighted by atomic mass is 16.4. The lowest BCUT2D eigenvalue weighted by Crippen LogP contribution is -2.13. The molecule has 0 saturated carbocycles. The molecule has 1 aliphatic rings. The van der Waals surface area contributed by atoms with Gasteiger partial charge >= 0.3 is 5.97 Å². The first kappa shape index (κ1) is 10.2. The number of nitrogens with one attached hydrogen (secondary N) is 1. The van der Waals surface area contributed by atoms with E-state index >= 15 is 0 Å². The molecule has 3 heteroatoms. The van der Waals surface area contributed by atoms with Crippen molar-refractivity contribution in [3.63, 3.8) is 0 Å². The molecule has 1 fully saturated rings. The number of carboxylic acids is 1. The molecule has 80 valence electrons. The van der Waals surface area contributed by atoms with Gasteiger partial charge < -0.3 is 10.4 Å². The monoisotopic (exact) mass is 205 g/mol. The standard InChI is InChI=1S/C12H15NO2/c14-12(15)8-9-3-1-4-10(7-9)11-5-2-6-13-11/h1,3-4,7,11,13H,2,5-6,8H2,(H,14,15)/t11-/m0/s1. The summed E-state index contributed by atoms with van der Waals surface area (Å²) >= 11 is 0. The van der Waals surface area contributed by atoms with E-state index < -0.39 is 5.97 Å². The van der Waals surface area contributed by atoms with Gasteiger partial charge in [-0.3, -0.25) is 4.79 Å². The molecule has 2 N–H and O–H groups in total. The maximum absolute atomic E-state index is 10.6. The summed E-state index contributed by atoms with van der Waals surface area (Å²) in [6, 6.07) is 8.28. The van der Waals surface area contributed by atoms with Crippen LogP contribution < -0.4 is 5.32 Å². The Morgan fingerprint density at radius 3 is 3.07 bits per heavy atom. The number of hydrogen-bond donors (Lipinski definition) is 2. The van der Waals surface area contributed by atoms with Gasteiger partial charge in [-0.25, -0.2) is 0 Å². The Kier molecular flexibility index (Phi) is 3.02. The highest BCUT2D eigenvalue weighted by Gasteiger charge is 2.16. The van der Waals surface area contributed by atoms with Crippen LogP contribution in [0, 0.1) is 0 Å². The molecular formula is C12H15NO2. The van der Waals surface area contributed by atoms with E-state index in [0.29, 0.717) is 6.04 Å². The van der Waals surface area contributed by atoms with Gasteiger partial charge in [-0.15, -0.1) is 0 Å². The fourth-order valence-electron chi connectivity index (χ4n) is 2.06. The lowest BCUT2D eigenvalue weighted by molar-refractivity contribution is -0.136. The zero-order valence-electron chi connectivity index (χ0n) is 8.57. The quantitative estimate of drug-likeness (QED) is 0.790. The molecule has 2 rings (SSSR count). The zero-order chi connectivity index (χ0) is 10.7. The van der Waals surface area contributed by atoms with Crippen LogP contribution in [0.4, 0.5) is 0 Å². The van der Waals surface area contributed by atoms with E-state index in [2.05, 4.69) is 11.4 Å². The van der Waals surface area contributed by atoms with E-state index in [9.17, 15) is 4.79 Å². The lowest BCUT2D eigenvalue weighted by atomic mass is 10.0. The van der Waals surface area contributed by atoms with Crippen LogP contribution in [0.5, 0.6) is 0 Å². The molecule has 0 unspecified atom stereocenters. The molecular weight excluding hydrogens is 190 g/mol. The van der Waals surface area contributed by atoms with Gasteiger partial charge in [0.05, 0.1) is 6.42 Å². The molecule has 15 heavy (non-hydrogen) atoms.